The molecule has 5 N–H and O–H groups in total. The van der Waals surface area contributed by atoms with Crippen LogP contribution in [0.1, 0.15) is 116 Å². The Hall–Kier alpha value is -5.49. The molecule has 14 nitrogen and oxygen atoms in total. The number of aliphatic hydroxyl groups excluding tert-OH is 1. The minimum atomic E-state index is -0.810. The van der Waals surface area contributed by atoms with Crippen LogP contribution in [0.15, 0.2) is 84.4 Å². The van der Waals surface area contributed by atoms with Crippen molar-refractivity contribution >= 4 is 46.3 Å². The number of carbonyl (C=O) groups is 4. The Morgan fingerprint density at radius 2 is 1.58 bits per heavy atom. The molecule has 3 fully saturated rings. The Balaban J connectivity index is 0.000000224. The van der Waals surface area contributed by atoms with E-state index in [1.807, 2.05) is 89.5 Å². The van der Waals surface area contributed by atoms with Crippen molar-refractivity contribution in [1.29, 1.82) is 0 Å². The van der Waals surface area contributed by atoms with Crippen LogP contribution in [-0.4, -0.2) is 109 Å². The maximum absolute atomic E-state index is 13.6. The van der Waals surface area contributed by atoms with E-state index < -0.39 is 23.4 Å². The number of hydrogen-bond acceptors (Lipinski definition) is 12. The average Bonchev–Trinajstić information content (AvgIpc) is 4.23. The van der Waals surface area contributed by atoms with Crippen molar-refractivity contribution in [2.75, 3.05) is 52.7 Å². The molecule has 0 radical (unpaired) electrons. The van der Waals surface area contributed by atoms with E-state index in [1.165, 1.54) is 47.4 Å². The number of benzene rings is 3. The zero-order valence-corrected chi connectivity index (χ0v) is 45.4. The lowest BCUT2D eigenvalue weighted by Crippen LogP contribution is -2.58. The van der Waals surface area contributed by atoms with Gasteiger partial charge < -0.3 is 45.5 Å². The average molecular weight is 1040 g/mol. The standard InChI is InChI=1S/C28H40N4O6S.C24H26N2O2S.C5H10/c1-19-24(39-18-30-19)21-9-7-20(8-10-21)16-29-26(35)22-6-5-11-32(22)27(36)25(28(2,3)4)31-23(34)17-38-15-14-37-13-12-33;1-15-7-9-20(28-21-13-25-14-21)12-22(15)24(27)26-17(3)18-5-4-6-19(11-18)23-10-8-16(2)29-23;1-2-4-5-3-1/h7-10,18,22,25,33H,5-6,11-17H2,1-4H3,(H,29,35)(H,31,34);4-12,17,21,25H,13-14H2,1-3H3,(H,26,27);1-5H2. The highest BCUT2D eigenvalue weighted by atomic mass is 32.1. The lowest BCUT2D eigenvalue weighted by molar-refractivity contribution is -0.144. The van der Waals surface area contributed by atoms with Crippen molar-refractivity contribution in [3.63, 3.8) is 0 Å². The Labute approximate surface area is 440 Å². The van der Waals surface area contributed by atoms with Crippen LogP contribution in [0.25, 0.3) is 20.9 Å². The first-order valence-electron chi connectivity index (χ1n) is 25.7. The van der Waals surface area contributed by atoms with Crippen LogP contribution >= 0.6 is 22.7 Å². The van der Waals surface area contributed by atoms with E-state index >= 15 is 0 Å². The van der Waals surface area contributed by atoms with Gasteiger partial charge in [-0.15, -0.1) is 22.7 Å². The normalized spacial score (nSPS) is 16.2. The Morgan fingerprint density at radius 3 is 2.21 bits per heavy atom. The number of nitrogens with zero attached hydrogens (tertiary/aromatic N) is 2. The van der Waals surface area contributed by atoms with E-state index in [0.29, 0.717) is 31.5 Å². The summed E-state index contributed by atoms with van der Waals surface area (Å²) >= 11 is 3.38. The summed E-state index contributed by atoms with van der Waals surface area (Å²) in [6, 6.07) is 24.9. The van der Waals surface area contributed by atoms with Gasteiger partial charge in [0.15, 0.2) is 0 Å². The lowest BCUT2D eigenvalue weighted by Gasteiger charge is -2.35. The Bertz CT molecular complexity index is 2540. The van der Waals surface area contributed by atoms with Crippen molar-refractivity contribution < 1.29 is 38.5 Å². The number of aryl methyl sites for hydroxylation is 3. The number of likely N-dealkylation sites (tertiary alicyclic amines) is 1. The predicted molar refractivity (Wildman–Crippen MR) is 291 cm³/mol. The van der Waals surface area contributed by atoms with E-state index in [1.54, 1.807) is 27.6 Å². The minimum absolute atomic E-state index is 0.0771. The summed E-state index contributed by atoms with van der Waals surface area (Å²) in [5, 5.41) is 20.8. The van der Waals surface area contributed by atoms with E-state index in [-0.39, 0.29) is 62.9 Å². The molecule has 4 heterocycles. The Morgan fingerprint density at radius 1 is 0.849 bits per heavy atom. The number of carbonyl (C=O) groups excluding carboxylic acids is 4. The zero-order chi connectivity index (χ0) is 52.3. The summed E-state index contributed by atoms with van der Waals surface area (Å²) in [6.45, 7) is 16.6. The second-order valence-corrected chi connectivity index (χ2v) is 22.1. The molecule has 3 aromatic carbocycles. The van der Waals surface area contributed by atoms with Gasteiger partial charge in [0.05, 0.1) is 48.6 Å². The summed E-state index contributed by atoms with van der Waals surface area (Å²) in [5.41, 5.74) is 8.18. The summed E-state index contributed by atoms with van der Waals surface area (Å²) in [7, 11) is 0. The van der Waals surface area contributed by atoms with Crippen molar-refractivity contribution in [2.24, 2.45) is 5.41 Å². The molecule has 0 spiro atoms. The van der Waals surface area contributed by atoms with Crippen molar-refractivity contribution in [1.82, 2.24) is 31.2 Å². The molecular formula is C57H76N6O8S2. The third kappa shape index (κ3) is 17.3. The van der Waals surface area contributed by atoms with Crippen LogP contribution in [-0.2, 0) is 30.4 Å². The van der Waals surface area contributed by atoms with Crippen LogP contribution in [0.5, 0.6) is 5.75 Å². The van der Waals surface area contributed by atoms with Crippen LogP contribution in [0, 0.1) is 26.2 Å². The van der Waals surface area contributed by atoms with Gasteiger partial charge in [0, 0.05) is 41.5 Å². The molecule has 0 bridgehead atoms. The molecule has 8 rings (SSSR count). The maximum Gasteiger partial charge on any atom is 0.252 e. The van der Waals surface area contributed by atoms with Crippen LogP contribution in [0.4, 0.5) is 0 Å². The number of thiophene rings is 1. The summed E-state index contributed by atoms with van der Waals surface area (Å²) in [5.74, 6) is -0.223. The molecular weight excluding hydrogens is 961 g/mol. The molecule has 5 aromatic rings. The smallest absolute Gasteiger partial charge is 0.252 e. The second kappa shape index (κ2) is 28.3. The molecule has 3 atom stereocenters. The largest absolute Gasteiger partial charge is 0.488 e. The van der Waals surface area contributed by atoms with Gasteiger partial charge in [-0.2, -0.15) is 0 Å². The molecule has 4 amide bonds. The first kappa shape index (κ1) is 56.8. The molecule has 16 heteroatoms. The van der Waals surface area contributed by atoms with E-state index in [4.69, 9.17) is 19.3 Å². The number of hydrogen-bond donors (Lipinski definition) is 5. The quantitative estimate of drug-likeness (QED) is 0.0501. The van der Waals surface area contributed by atoms with Crippen molar-refractivity contribution in [3.8, 4) is 26.6 Å². The summed E-state index contributed by atoms with van der Waals surface area (Å²) in [4.78, 5) is 61.8. The minimum Gasteiger partial charge on any atom is -0.488 e. The second-order valence-electron chi connectivity index (χ2n) is 20.0. The third-order valence-corrected chi connectivity index (χ3v) is 15.1. The molecule has 2 aromatic heterocycles. The van der Waals surface area contributed by atoms with Gasteiger partial charge in [-0.05, 0) is 104 Å². The van der Waals surface area contributed by atoms with E-state index in [9.17, 15) is 19.2 Å². The molecule has 1 saturated carbocycles. The summed E-state index contributed by atoms with van der Waals surface area (Å²) < 4.78 is 16.3. The molecule has 73 heavy (non-hydrogen) atoms. The fourth-order valence-corrected chi connectivity index (χ4v) is 10.4. The molecule has 3 unspecified atom stereocenters. The number of nitrogens with one attached hydrogen (secondary N) is 4. The van der Waals surface area contributed by atoms with Gasteiger partial charge in [0.25, 0.3) is 5.91 Å². The highest BCUT2D eigenvalue weighted by Gasteiger charge is 2.42. The fourth-order valence-electron chi connectivity index (χ4n) is 8.68. The SMILES string of the molecule is C1CCCC1.Cc1ccc(-c2cccc(C(C)NC(=O)c3cc(OC4CNC4)ccc3C)c2)s1.Cc1ncsc1-c1ccc(CNC(=O)C2CCCN2C(=O)C(NC(=O)COCCOCCO)C(C)(C)C)cc1. The van der Waals surface area contributed by atoms with Gasteiger partial charge in [0.1, 0.15) is 30.5 Å². The van der Waals surface area contributed by atoms with Gasteiger partial charge in [-0.1, -0.05) is 101 Å². The monoisotopic (exact) mass is 1040 g/mol. The number of thiazole rings is 1. The van der Waals surface area contributed by atoms with Gasteiger partial charge in [-0.3, -0.25) is 19.2 Å². The Kier molecular flexibility index (Phi) is 22.0. The number of rotatable bonds is 19. The van der Waals surface area contributed by atoms with Crippen molar-refractivity contribution in [2.45, 2.75) is 124 Å². The van der Waals surface area contributed by atoms with Crippen LogP contribution < -0.4 is 26.0 Å². The fraction of sp³-hybridized carbons (Fsp3) is 0.491. The predicted octanol–water partition coefficient (Wildman–Crippen LogP) is 9.11. The third-order valence-electron chi connectivity index (χ3n) is 13.0. The number of aliphatic hydroxyl groups is 1. The van der Waals surface area contributed by atoms with Gasteiger partial charge >= 0.3 is 0 Å². The molecule has 3 aliphatic rings. The van der Waals surface area contributed by atoms with E-state index in [2.05, 4.69) is 69.6 Å². The summed E-state index contributed by atoms with van der Waals surface area (Å²) in [6.07, 6.45) is 8.98. The molecule has 394 valence electrons. The highest BCUT2D eigenvalue weighted by Crippen LogP contribution is 2.31. The number of amides is 4. The zero-order valence-electron chi connectivity index (χ0n) is 43.7. The van der Waals surface area contributed by atoms with Gasteiger partial charge in [-0.25, -0.2) is 4.98 Å². The topological polar surface area (TPSA) is 180 Å². The number of ether oxygens (including phenoxy) is 3. The first-order chi connectivity index (χ1) is 35.1. The van der Waals surface area contributed by atoms with E-state index in [0.717, 1.165) is 51.7 Å². The molecule has 2 aliphatic heterocycles. The van der Waals surface area contributed by atoms with Gasteiger partial charge in [0.2, 0.25) is 17.7 Å². The maximum atomic E-state index is 13.6. The number of aromatic nitrogens is 1. The first-order valence-corrected chi connectivity index (χ1v) is 27.4. The van der Waals surface area contributed by atoms with Crippen molar-refractivity contribution in [3.05, 3.63) is 117 Å². The molecule has 2 saturated heterocycles. The van der Waals surface area contributed by atoms with Crippen LogP contribution in [0.3, 0.4) is 0 Å². The lowest BCUT2D eigenvalue weighted by atomic mass is 9.85. The highest BCUT2D eigenvalue weighted by molar-refractivity contribution is 7.15. The molecule has 1 aliphatic carbocycles. The van der Waals surface area contributed by atoms with Crippen LogP contribution in [0.2, 0.25) is 0 Å².